The summed E-state index contributed by atoms with van der Waals surface area (Å²) >= 11 is 0. The zero-order valence-electron chi connectivity index (χ0n) is 23.9. The van der Waals surface area contributed by atoms with E-state index in [0.29, 0.717) is 23.5 Å². The second-order valence-corrected chi connectivity index (χ2v) is 13.6. The maximum absolute atomic E-state index is 14.7. The standard InChI is InChI=1S/C30H37NO8P2/c1-5-35-40(32,36-6-2)30(41(33,37-7-3)38-8-4,22-26-15-12-16-27(21-26)23-31)39-29-19-17-28(18-20-29)34-24-25-13-10-9-11-14-25/h9-21H,5-8,22,24H2,1-4H3. The van der Waals surface area contributed by atoms with E-state index < -0.39 is 20.3 Å². The van der Waals surface area contributed by atoms with Crippen molar-refractivity contribution in [1.82, 2.24) is 0 Å². The molecule has 0 aliphatic heterocycles. The van der Waals surface area contributed by atoms with Gasteiger partial charge < -0.3 is 27.6 Å². The normalized spacial score (nSPS) is 12.1. The Labute approximate surface area is 242 Å². The number of hydrogen-bond acceptors (Lipinski definition) is 9. The predicted octanol–water partition coefficient (Wildman–Crippen LogP) is 7.94. The van der Waals surface area contributed by atoms with E-state index in [0.717, 1.165) is 5.56 Å². The summed E-state index contributed by atoms with van der Waals surface area (Å²) in [6.07, 6.45) is -0.261. The van der Waals surface area contributed by atoms with E-state index in [2.05, 4.69) is 6.07 Å². The van der Waals surface area contributed by atoms with Crippen molar-refractivity contribution in [2.24, 2.45) is 0 Å². The van der Waals surface area contributed by atoms with Crippen LogP contribution in [-0.4, -0.2) is 31.5 Å². The van der Waals surface area contributed by atoms with Crippen molar-refractivity contribution < 1.29 is 36.7 Å². The molecule has 0 spiro atoms. The summed E-state index contributed by atoms with van der Waals surface area (Å²) in [4.78, 5) is 0. The third-order valence-corrected chi connectivity index (χ3v) is 12.0. The van der Waals surface area contributed by atoms with Crippen molar-refractivity contribution in [2.45, 2.75) is 45.8 Å². The molecular formula is C30H37NO8P2. The van der Waals surface area contributed by atoms with Crippen molar-refractivity contribution in [3.05, 3.63) is 95.6 Å². The zero-order valence-corrected chi connectivity index (χ0v) is 25.6. The number of nitriles is 1. The van der Waals surface area contributed by atoms with Crippen LogP contribution in [0, 0.1) is 11.3 Å². The molecule has 0 N–H and O–H groups in total. The van der Waals surface area contributed by atoms with Crippen LogP contribution in [0.4, 0.5) is 0 Å². The van der Waals surface area contributed by atoms with Crippen molar-refractivity contribution in [3.63, 3.8) is 0 Å². The Balaban J connectivity index is 2.14. The molecule has 3 aromatic carbocycles. The monoisotopic (exact) mass is 601 g/mol. The van der Waals surface area contributed by atoms with Crippen LogP contribution in [0.15, 0.2) is 78.9 Å². The van der Waals surface area contributed by atoms with E-state index in [-0.39, 0.29) is 38.6 Å². The van der Waals surface area contributed by atoms with Crippen LogP contribution in [-0.2, 0) is 40.3 Å². The Morgan fingerprint density at radius 1 is 0.683 bits per heavy atom. The molecule has 0 radical (unpaired) electrons. The van der Waals surface area contributed by atoms with Gasteiger partial charge in [0, 0.05) is 6.42 Å². The van der Waals surface area contributed by atoms with Gasteiger partial charge in [0.25, 0.3) is 0 Å². The second-order valence-electron chi connectivity index (χ2n) is 8.75. The molecule has 3 rings (SSSR count). The average Bonchev–Trinajstić information content (AvgIpc) is 2.97. The molecule has 0 bridgehead atoms. The van der Waals surface area contributed by atoms with Crippen molar-refractivity contribution in [1.29, 1.82) is 5.26 Å². The van der Waals surface area contributed by atoms with Crippen LogP contribution < -0.4 is 9.47 Å². The predicted molar refractivity (Wildman–Crippen MR) is 157 cm³/mol. The van der Waals surface area contributed by atoms with Crippen molar-refractivity contribution in [2.75, 3.05) is 26.4 Å². The summed E-state index contributed by atoms with van der Waals surface area (Å²) in [6.45, 7) is 6.88. The smallest absolute Gasteiger partial charge is 0.386 e. The summed E-state index contributed by atoms with van der Waals surface area (Å²) < 4.78 is 64.9. The van der Waals surface area contributed by atoms with E-state index in [1.807, 2.05) is 30.3 Å². The molecule has 0 unspecified atom stereocenters. The fourth-order valence-corrected chi connectivity index (χ4v) is 9.60. The number of ether oxygens (including phenoxy) is 2. The summed E-state index contributed by atoms with van der Waals surface area (Å²) in [7, 11) is -8.82. The minimum atomic E-state index is -4.41. The van der Waals surface area contributed by atoms with Gasteiger partial charge in [-0.1, -0.05) is 42.5 Å². The average molecular weight is 602 g/mol. The number of hydrogen-bond donors (Lipinski definition) is 0. The van der Waals surface area contributed by atoms with E-state index >= 15 is 0 Å². The lowest BCUT2D eigenvalue weighted by molar-refractivity contribution is 0.0976. The molecule has 0 aliphatic rings. The largest absolute Gasteiger partial charge is 0.489 e. The van der Waals surface area contributed by atoms with E-state index in [1.165, 1.54) is 0 Å². The molecule has 220 valence electrons. The lowest BCUT2D eigenvalue weighted by Crippen LogP contribution is -2.41. The fourth-order valence-electron chi connectivity index (χ4n) is 4.20. The Morgan fingerprint density at radius 3 is 1.71 bits per heavy atom. The molecule has 9 nitrogen and oxygen atoms in total. The number of benzene rings is 3. The van der Waals surface area contributed by atoms with Crippen LogP contribution in [0.5, 0.6) is 11.5 Å². The number of rotatable bonds is 17. The fraction of sp³-hybridized carbons (Fsp3) is 0.367. The highest BCUT2D eigenvalue weighted by Gasteiger charge is 2.68. The second kappa shape index (κ2) is 15.3. The van der Waals surface area contributed by atoms with Gasteiger partial charge in [0.1, 0.15) is 18.1 Å². The third kappa shape index (κ3) is 7.87. The highest BCUT2D eigenvalue weighted by molar-refractivity contribution is 7.74. The molecule has 11 heteroatoms. The Morgan fingerprint density at radius 2 is 1.20 bits per heavy atom. The lowest BCUT2D eigenvalue weighted by Gasteiger charge is -2.42. The minimum absolute atomic E-state index is 0.0227. The van der Waals surface area contributed by atoms with Gasteiger partial charge in [-0.15, -0.1) is 0 Å². The first-order valence-electron chi connectivity index (χ1n) is 13.5. The van der Waals surface area contributed by atoms with Crippen LogP contribution >= 0.6 is 15.2 Å². The van der Waals surface area contributed by atoms with E-state index in [9.17, 15) is 14.4 Å². The Hall–Kier alpha value is -2.95. The van der Waals surface area contributed by atoms with Crippen LogP contribution in [0.3, 0.4) is 0 Å². The molecule has 0 heterocycles. The van der Waals surface area contributed by atoms with Gasteiger partial charge >= 0.3 is 20.3 Å². The Bertz CT molecular complexity index is 1330. The van der Waals surface area contributed by atoms with Gasteiger partial charge in [0.05, 0.1) is 38.1 Å². The lowest BCUT2D eigenvalue weighted by atomic mass is 10.1. The van der Waals surface area contributed by atoms with Gasteiger partial charge in [-0.3, -0.25) is 9.13 Å². The SMILES string of the molecule is CCOP(=O)(OCC)C(Cc1cccc(C#N)c1)(Oc1ccc(OCc2ccccc2)cc1)P(=O)(OCC)OCC. The highest BCUT2D eigenvalue weighted by atomic mass is 31.2. The van der Waals surface area contributed by atoms with Crippen LogP contribution in [0.1, 0.15) is 44.4 Å². The van der Waals surface area contributed by atoms with Gasteiger partial charge in [-0.05, 0) is 75.2 Å². The summed E-state index contributed by atoms with van der Waals surface area (Å²) in [5.74, 6) is 0.789. The maximum Gasteiger partial charge on any atom is 0.386 e. The van der Waals surface area contributed by atoms with E-state index in [1.54, 1.807) is 76.2 Å². The third-order valence-electron chi connectivity index (χ3n) is 5.90. The zero-order chi connectivity index (χ0) is 29.8. The first-order chi connectivity index (χ1) is 19.8. The number of nitrogens with zero attached hydrogens (tertiary/aromatic N) is 1. The van der Waals surface area contributed by atoms with E-state index in [4.69, 9.17) is 27.6 Å². The molecule has 0 fully saturated rings. The quantitative estimate of drug-likeness (QED) is 0.142. The molecule has 0 amide bonds. The minimum Gasteiger partial charge on any atom is -0.489 e. The molecule has 3 aromatic rings. The summed E-state index contributed by atoms with van der Waals surface area (Å²) in [6, 6.07) is 25.1. The van der Waals surface area contributed by atoms with Gasteiger partial charge in [0.15, 0.2) is 0 Å². The van der Waals surface area contributed by atoms with Gasteiger partial charge in [-0.25, -0.2) is 0 Å². The van der Waals surface area contributed by atoms with Crippen molar-refractivity contribution in [3.8, 4) is 17.6 Å². The molecule has 0 saturated carbocycles. The summed E-state index contributed by atoms with van der Waals surface area (Å²) in [5, 5.41) is 7.24. The molecule has 0 saturated heterocycles. The Kier molecular flexibility index (Phi) is 12.2. The molecule has 0 atom stereocenters. The molecule has 41 heavy (non-hydrogen) atoms. The molecule has 0 aliphatic carbocycles. The first-order valence-corrected chi connectivity index (χ1v) is 16.6. The van der Waals surface area contributed by atoms with Gasteiger partial charge in [-0.2, -0.15) is 5.26 Å². The molecule has 0 aromatic heterocycles. The van der Waals surface area contributed by atoms with Crippen LogP contribution in [0.25, 0.3) is 0 Å². The summed E-state index contributed by atoms with van der Waals surface area (Å²) in [5.41, 5.74) is 1.88. The highest BCUT2D eigenvalue weighted by Crippen LogP contribution is 2.78. The van der Waals surface area contributed by atoms with Gasteiger partial charge in [0.2, 0.25) is 0 Å². The first kappa shape index (κ1) is 32.6. The maximum atomic E-state index is 14.7. The molecular weight excluding hydrogens is 564 g/mol. The topological polar surface area (TPSA) is 113 Å². The van der Waals surface area contributed by atoms with Crippen LogP contribution in [0.2, 0.25) is 0 Å². The van der Waals surface area contributed by atoms with Crippen molar-refractivity contribution >= 4 is 15.2 Å².